The third-order valence-corrected chi connectivity index (χ3v) is 2.21. The average Bonchev–Trinajstić information content (AvgIpc) is 2.23. The van der Waals surface area contributed by atoms with E-state index in [1.165, 1.54) is 0 Å². The predicted octanol–water partition coefficient (Wildman–Crippen LogP) is 2.84. The monoisotopic (exact) mass is 322 g/mol. The highest BCUT2D eigenvalue weighted by Crippen LogP contribution is 2.41. The quantitative estimate of drug-likeness (QED) is 0.686. The van der Waals surface area contributed by atoms with Crippen molar-refractivity contribution >= 4 is 16.8 Å². The van der Waals surface area contributed by atoms with Crippen molar-refractivity contribution in [1.29, 1.82) is 0 Å². The normalized spacial score (nSPS) is 12.4. The Morgan fingerprint density at radius 3 is 2.20 bits per heavy atom. The number of nitrogens with two attached hydrogens (primary N) is 1. The van der Waals surface area contributed by atoms with Crippen LogP contribution in [0.15, 0.2) is 6.20 Å². The van der Waals surface area contributed by atoms with Crippen LogP contribution in [0.2, 0.25) is 0 Å². The SMILES string of the molecule is NCc1ncc(C(F)(F)F)c(OC(F)(F)F)c1C(=O)Cl. The number of halogens is 7. The molecule has 0 aliphatic carbocycles. The van der Waals surface area contributed by atoms with Crippen LogP contribution in [0, 0.1) is 0 Å². The molecule has 1 aromatic heterocycles. The largest absolute Gasteiger partial charge is 0.573 e. The molecule has 0 aromatic carbocycles. The van der Waals surface area contributed by atoms with E-state index < -0.39 is 46.9 Å². The Morgan fingerprint density at radius 2 is 1.85 bits per heavy atom. The number of carbonyl (C=O) groups excluding carboxylic acids is 1. The van der Waals surface area contributed by atoms with E-state index in [-0.39, 0.29) is 6.20 Å². The van der Waals surface area contributed by atoms with Gasteiger partial charge in [0, 0.05) is 12.7 Å². The molecule has 0 radical (unpaired) electrons. The molecule has 2 N–H and O–H groups in total. The lowest BCUT2D eigenvalue weighted by Crippen LogP contribution is -2.23. The van der Waals surface area contributed by atoms with E-state index in [1.807, 2.05) is 0 Å². The molecule has 0 bridgehead atoms. The fourth-order valence-corrected chi connectivity index (χ4v) is 1.51. The number of nitrogens with zero attached hydrogens (tertiary/aromatic N) is 1. The molecule has 20 heavy (non-hydrogen) atoms. The van der Waals surface area contributed by atoms with Gasteiger partial charge in [-0.25, -0.2) is 0 Å². The van der Waals surface area contributed by atoms with Crippen LogP contribution in [0.4, 0.5) is 26.3 Å². The first-order valence-electron chi connectivity index (χ1n) is 4.72. The smallest absolute Gasteiger partial charge is 0.404 e. The fraction of sp³-hybridized carbons (Fsp3) is 0.333. The van der Waals surface area contributed by atoms with E-state index in [0.717, 1.165) is 0 Å². The van der Waals surface area contributed by atoms with Gasteiger partial charge in [-0.2, -0.15) is 13.2 Å². The van der Waals surface area contributed by atoms with E-state index in [4.69, 9.17) is 17.3 Å². The van der Waals surface area contributed by atoms with Crippen molar-refractivity contribution < 1.29 is 35.9 Å². The van der Waals surface area contributed by atoms with Crippen LogP contribution in [-0.4, -0.2) is 16.6 Å². The lowest BCUT2D eigenvalue weighted by molar-refractivity contribution is -0.276. The van der Waals surface area contributed by atoms with E-state index in [2.05, 4.69) is 9.72 Å². The molecule has 0 unspecified atom stereocenters. The molecule has 11 heteroatoms. The summed E-state index contributed by atoms with van der Waals surface area (Å²) in [5, 5.41) is -1.59. The minimum absolute atomic E-state index is 0.0899. The van der Waals surface area contributed by atoms with Crippen LogP contribution >= 0.6 is 11.6 Å². The second-order valence-corrected chi connectivity index (χ2v) is 3.69. The molecule has 0 saturated carbocycles. The minimum atomic E-state index is -5.45. The molecular formula is C9H5ClF6N2O2. The second-order valence-electron chi connectivity index (χ2n) is 3.35. The Kier molecular flexibility index (Phi) is 4.49. The second kappa shape index (κ2) is 5.44. The van der Waals surface area contributed by atoms with E-state index >= 15 is 0 Å². The molecule has 4 nitrogen and oxygen atoms in total. The lowest BCUT2D eigenvalue weighted by atomic mass is 10.1. The standard InChI is InChI=1S/C9H5ClF6N2O2/c10-7(19)5-4(1-17)18-2-3(8(11,12)13)6(5)20-9(14,15)16/h2H,1,17H2. The molecule has 112 valence electrons. The minimum Gasteiger partial charge on any atom is -0.404 e. The highest BCUT2D eigenvalue weighted by atomic mass is 35.5. The Labute approximate surface area is 112 Å². The maximum absolute atomic E-state index is 12.6. The molecule has 0 saturated heterocycles. The number of carbonyl (C=O) groups is 1. The number of aromatic nitrogens is 1. The number of rotatable bonds is 3. The van der Waals surface area contributed by atoms with Gasteiger partial charge < -0.3 is 10.5 Å². The summed E-state index contributed by atoms with van der Waals surface area (Å²) in [5.41, 5.74) is 1.50. The number of alkyl halides is 6. The zero-order valence-corrected chi connectivity index (χ0v) is 10.0. The molecule has 0 atom stereocenters. The predicted molar refractivity (Wildman–Crippen MR) is 54.0 cm³/mol. The third kappa shape index (κ3) is 3.73. The summed E-state index contributed by atoms with van der Waals surface area (Å²) >= 11 is 4.99. The number of hydrogen-bond acceptors (Lipinski definition) is 4. The zero-order chi connectivity index (χ0) is 15.7. The summed E-state index contributed by atoms with van der Waals surface area (Å²) in [4.78, 5) is 14.2. The zero-order valence-electron chi connectivity index (χ0n) is 9.27. The van der Waals surface area contributed by atoms with Gasteiger partial charge in [-0.3, -0.25) is 9.78 Å². The van der Waals surface area contributed by atoms with Gasteiger partial charge in [0.15, 0.2) is 5.75 Å². The molecule has 1 rings (SSSR count). The summed E-state index contributed by atoms with van der Waals surface area (Å²) < 4.78 is 77.7. The number of pyridine rings is 1. The van der Waals surface area contributed by atoms with Gasteiger partial charge in [0.1, 0.15) is 5.56 Å². The van der Waals surface area contributed by atoms with Crippen molar-refractivity contribution in [2.45, 2.75) is 19.1 Å². The molecular weight excluding hydrogens is 318 g/mol. The molecule has 1 aromatic rings. The summed E-state index contributed by atoms with van der Waals surface area (Å²) in [5.74, 6) is -1.76. The molecule has 1 heterocycles. The number of ether oxygens (including phenoxy) is 1. The number of hydrogen-bond donors (Lipinski definition) is 1. The lowest BCUT2D eigenvalue weighted by Gasteiger charge is -2.18. The van der Waals surface area contributed by atoms with E-state index in [0.29, 0.717) is 0 Å². The van der Waals surface area contributed by atoms with Crippen LogP contribution in [0.5, 0.6) is 5.75 Å². The molecule has 0 spiro atoms. The van der Waals surface area contributed by atoms with Gasteiger partial charge in [0.25, 0.3) is 5.24 Å². The van der Waals surface area contributed by atoms with Crippen LogP contribution < -0.4 is 10.5 Å². The highest BCUT2D eigenvalue weighted by molar-refractivity contribution is 6.68. The highest BCUT2D eigenvalue weighted by Gasteiger charge is 2.42. The van der Waals surface area contributed by atoms with Crippen molar-refractivity contribution in [3.63, 3.8) is 0 Å². The van der Waals surface area contributed by atoms with Crippen molar-refractivity contribution in [2.24, 2.45) is 5.73 Å². The topological polar surface area (TPSA) is 65.2 Å². The van der Waals surface area contributed by atoms with Gasteiger partial charge >= 0.3 is 12.5 Å². The van der Waals surface area contributed by atoms with Crippen molar-refractivity contribution in [3.8, 4) is 5.75 Å². The summed E-state index contributed by atoms with van der Waals surface area (Å²) in [6, 6.07) is 0. The van der Waals surface area contributed by atoms with Crippen LogP contribution in [-0.2, 0) is 12.7 Å². The van der Waals surface area contributed by atoms with Gasteiger partial charge in [-0.1, -0.05) is 0 Å². The molecule has 0 aliphatic rings. The first-order chi connectivity index (χ1) is 8.97. The Hall–Kier alpha value is -1.55. The van der Waals surface area contributed by atoms with Gasteiger partial charge in [-0.15, -0.1) is 13.2 Å². The Morgan fingerprint density at radius 1 is 1.30 bits per heavy atom. The van der Waals surface area contributed by atoms with Crippen molar-refractivity contribution in [1.82, 2.24) is 4.98 Å². The van der Waals surface area contributed by atoms with Gasteiger partial charge in [0.2, 0.25) is 0 Å². The Balaban J connectivity index is 3.64. The van der Waals surface area contributed by atoms with Crippen LogP contribution in [0.1, 0.15) is 21.6 Å². The summed E-state index contributed by atoms with van der Waals surface area (Å²) in [6.45, 7) is -0.597. The first-order valence-corrected chi connectivity index (χ1v) is 5.10. The van der Waals surface area contributed by atoms with Gasteiger partial charge in [-0.05, 0) is 11.6 Å². The Bertz CT molecular complexity index is 528. The summed E-state index contributed by atoms with van der Waals surface area (Å²) in [7, 11) is 0. The van der Waals surface area contributed by atoms with Crippen molar-refractivity contribution in [3.05, 3.63) is 23.0 Å². The van der Waals surface area contributed by atoms with E-state index in [1.54, 1.807) is 0 Å². The maximum Gasteiger partial charge on any atom is 0.573 e. The molecule has 0 aliphatic heterocycles. The molecule has 0 amide bonds. The maximum atomic E-state index is 12.6. The molecule has 0 fully saturated rings. The van der Waals surface area contributed by atoms with E-state index in [9.17, 15) is 31.1 Å². The third-order valence-electron chi connectivity index (χ3n) is 2.02. The van der Waals surface area contributed by atoms with Gasteiger partial charge in [0.05, 0.1) is 11.3 Å². The average molecular weight is 323 g/mol. The summed E-state index contributed by atoms with van der Waals surface area (Å²) in [6.07, 6.45) is -10.6. The van der Waals surface area contributed by atoms with Crippen LogP contribution in [0.25, 0.3) is 0 Å². The fourth-order valence-electron chi connectivity index (χ4n) is 1.31. The van der Waals surface area contributed by atoms with Crippen molar-refractivity contribution in [2.75, 3.05) is 0 Å². The first kappa shape index (κ1) is 16.5. The van der Waals surface area contributed by atoms with Crippen LogP contribution in [0.3, 0.4) is 0 Å².